The van der Waals surface area contributed by atoms with Crippen LogP contribution in [0.25, 0.3) is 0 Å². The summed E-state index contributed by atoms with van der Waals surface area (Å²) < 4.78 is 5.10. The molecule has 0 amide bonds. The number of unbranched alkanes of at least 4 members (excludes halogenated alkanes) is 6. The fraction of sp³-hybridized carbons (Fsp3) is 0.588. The van der Waals surface area contributed by atoms with Gasteiger partial charge in [0.15, 0.2) is 6.10 Å². The number of hydrogen-bond acceptors (Lipinski definition) is 3. The zero-order valence-corrected chi connectivity index (χ0v) is 12.4. The SMILES string of the molecule is CCCCCCCCCC(O)C(=O)Oc1ccccc1. The molecular weight excluding hydrogens is 252 g/mol. The monoisotopic (exact) mass is 278 g/mol. The fourth-order valence-corrected chi connectivity index (χ4v) is 2.09. The predicted molar refractivity (Wildman–Crippen MR) is 80.7 cm³/mol. The van der Waals surface area contributed by atoms with Crippen molar-refractivity contribution in [2.45, 2.75) is 64.4 Å². The standard InChI is InChI=1S/C17H26O3/c1-2-3-4-5-6-7-11-14-16(18)17(19)20-15-12-9-8-10-13-15/h8-10,12-13,16,18H,2-7,11,14H2,1H3. The molecule has 0 spiro atoms. The number of hydrogen-bond donors (Lipinski definition) is 1. The molecule has 3 nitrogen and oxygen atoms in total. The third kappa shape index (κ3) is 7.29. The lowest BCUT2D eigenvalue weighted by atomic mass is 10.1. The summed E-state index contributed by atoms with van der Waals surface area (Å²) in [5, 5.41) is 9.75. The van der Waals surface area contributed by atoms with Crippen LogP contribution in [0, 0.1) is 0 Å². The van der Waals surface area contributed by atoms with E-state index in [0.29, 0.717) is 12.2 Å². The Morgan fingerprint density at radius 2 is 1.65 bits per heavy atom. The number of carbonyl (C=O) groups excluding carboxylic acids is 1. The van der Waals surface area contributed by atoms with Crippen LogP contribution in [0.2, 0.25) is 0 Å². The quantitative estimate of drug-likeness (QED) is 0.398. The van der Waals surface area contributed by atoms with Crippen molar-refractivity contribution in [2.24, 2.45) is 0 Å². The molecule has 0 saturated heterocycles. The number of carbonyl (C=O) groups is 1. The highest BCUT2D eigenvalue weighted by atomic mass is 16.5. The van der Waals surface area contributed by atoms with Crippen LogP contribution in [-0.2, 0) is 4.79 Å². The van der Waals surface area contributed by atoms with E-state index in [1.165, 1.54) is 32.1 Å². The Morgan fingerprint density at radius 3 is 2.30 bits per heavy atom. The van der Waals surface area contributed by atoms with Crippen LogP contribution in [0.4, 0.5) is 0 Å². The Kier molecular flexibility index (Phi) is 8.72. The van der Waals surface area contributed by atoms with E-state index in [-0.39, 0.29) is 0 Å². The van der Waals surface area contributed by atoms with Crippen LogP contribution in [0.5, 0.6) is 5.75 Å². The molecule has 0 aliphatic heterocycles. The number of aliphatic hydroxyl groups is 1. The Hall–Kier alpha value is -1.35. The van der Waals surface area contributed by atoms with Gasteiger partial charge in [-0.3, -0.25) is 0 Å². The second kappa shape index (κ2) is 10.4. The lowest BCUT2D eigenvalue weighted by Crippen LogP contribution is -2.25. The van der Waals surface area contributed by atoms with Crippen molar-refractivity contribution in [3.63, 3.8) is 0 Å². The van der Waals surface area contributed by atoms with E-state index in [9.17, 15) is 9.90 Å². The molecule has 0 bridgehead atoms. The first-order valence-electron chi connectivity index (χ1n) is 7.69. The number of aliphatic hydroxyl groups excluding tert-OH is 1. The molecule has 0 radical (unpaired) electrons. The predicted octanol–water partition coefficient (Wildman–Crippen LogP) is 4.09. The van der Waals surface area contributed by atoms with Crippen molar-refractivity contribution in [3.05, 3.63) is 30.3 Å². The maximum atomic E-state index is 11.6. The maximum Gasteiger partial charge on any atom is 0.340 e. The minimum atomic E-state index is -1.01. The summed E-state index contributed by atoms with van der Waals surface area (Å²) in [6, 6.07) is 8.86. The molecule has 112 valence electrons. The summed E-state index contributed by atoms with van der Waals surface area (Å²) in [5.74, 6) is -0.0710. The molecule has 0 saturated carbocycles. The summed E-state index contributed by atoms with van der Waals surface area (Å²) in [4.78, 5) is 11.6. The molecular formula is C17H26O3. The van der Waals surface area contributed by atoms with Crippen LogP contribution < -0.4 is 4.74 Å². The maximum absolute atomic E-state index is 11.6. The first kappa shape index (κ1) is 16.7. The van der Waals surface area contributed by atoms with E-state index < -0.39 is 12.1 Å². The second-order valence-corrected chi connectivity index (χ2v) is 5.16. The Morgan fingerprint density at radius 1 is 1.05 bits per heavy atom. The van der Waals surface area contributed by atoms with Crippen LogP contribution in [0.1, 0.15) is 58.3 Å². The van der Waals surface area contributed by atoms with E-state index in [4.69, 9.17) is 4.74 Å². The molecule has 1 aromatic rings. The normalized spacial score (nSPS) is 12.1. The van der Waals surface area contributed by atoms with Gasteiger partial charge in [-0.1, -0.05) is 70.1 Å². The Balaban J connectivity index is 2.10. The van der Waals surface area contributed by atoms with Crippen molar-refractivity contribution in [1.29, 1.82) is 0 Å². The molecule has 0 aliphatic rings. The molecule has 0 fully saturated rings. The van der Waals surface area contributed by atoms with E-state index in [0.717, 1.165) is 12.8 Å². The number of rotatable bonds is 10. The topological polar surface area (TPSA) is 46.5 Å². The average Bonchev–Trinajstić information content (AvgIpc) is 2.47. The van der Waals surface area contributed by atoms with Crippen LogP contribution in [0.3, 0.4) is 0 Å². The van der Waals surface area contributed by atoms with Crippen molar-refractivity contribution >= 4 is 5.97 Å². The summed E-state index contributed by atoms with van der Waals surface area (Å²) in [7, 11) is 0. The molecule has 1 atom stereocenters. The molecule has 1 unspecified atom stereocenters. The number of ether oxygens (including phenoxy) is 1. The van der Waals surface area contributed by atoms with E-state index >= 15 is 0 Å². The molecule has 0 heterocycles. The number of para-hydroxylation sites is 1. The highest BCUT2D eigenvalue weighted by molar-refractivity contribution is 5.76. The molecule has 1 rings (SSSR count). The first-order chi connectivity index (χ1) is 9.74. The van der Waals surface area contributed by atoms with E-state index in [1.54, 1.807) is 24.3 Å². The van der Waals surface area contributed by atoms with Crippen molar-refractivity contribution in [1.82, 2.24) is 0 Å². The highest BCUT2D eigenvalue weighted by Crippen LogP contribution is 2.13. The highest BCUT2D eigenvalue weighted by Gasteiger charge is 2.16. The summed E-state index contributed by atoms with van der Waals surface area (Å²) >= 11 is 0. The number of benzene rings is 1. The molecule has 0 aliphatic carbocycles. The van der Waals surface area contributed by atoms with Gasteiger partial charge in [-0.2, -0.15) is 0 Å². The summed E-state index contributed by atoms with van der Waals surface area (Å²) in [5.41, 5.74) is 0. The largest absolute Gasteiger partial charge is 0.425 e. The molecule has 0 aromatic heterocycles. The van der Waals surface area contributed by atoms with Crippen LogP contribution >= 0.6 is 0 Å². The van der Waals surface area contributed by atoms with E-state index in [2.05, 4.69) is 6.92 Å². The summed E-state index contributed by atoms with van der Waals surface area (Å²) in [6.07, 6.45) is 7.69. The molecule has 1 N–H and O–H groups in total. The van der Waals surface area contributed by atoms with Gasteiger partial charge in [-0.25, -0.2) is 4.79 Å². The first-order valence-corrected chi connectivity index (χ1v) is 7.69. The van der Waals surface area contributed by atoms with E-state index in [1.807, 2.05) is 6.07 Å². The molecule has 1 aromatic carbocycles. The van der Waals surface area contributed by atoms with Gasteiger partial charge < -0.3 is 9.84 Å². The van der Waals surface area contributed by atoms with Gasteiger partial charge in [0, 0.05) is 0 Å². The van der Waals surface area contributed by atoms with Crippen molar-refractivity contribution < 1.29 is 14.6 Å². The van der Waals surface area contributed by atoms with Crippen LogP contribution in [0.15, 0.2) is 30.3 Å². The zero-order chi connectivity index (χ0) is 14.6. The average molecular weight is 278 g/mol. The Bertz CT molecular complexity index is 362. The lowest BCUT2D eigenvalue weighted by molar-refractivity contribution is -0.144. The second-order valence-electron chi connectivity index (χ2n) is 5.16. The van der Waals surface area contributed by atoms with Gasteiger partial charge in [-0.15, -0.1) is 0 Å². The number of esters is 1. The van der Waals surface area contributed by atoms with Crippen LogP contribution in [-0.4, -0.2) is 17.2 Å². The van der Waals surface area contributed by atoms with Gasteiger partial charge in [-0.05, 0) is 18.6 Å². The lowest BCUT2D eigenvalue weighted by Gasteiger charge is -2.10. The summed E-state index contributed by atoms with van der Waals surface area (Å²) in [6.45, 7) is 2.20. The zero-order valence-electron chi connectivity index (χ0n) is 12.4. The van der Waals surface area contributed by atoms with Gasteiger partial charge in [0.25, 0.3) is 0 Å². The van der Waals surface area contributed by atoms with Gasteiger partial charge in [0.1, 0.15) is 5.75 Å². The van der Waals surface area contributed by atoms with Gasteiger partial charge >= 0.3 is 5.97 Å². The van der Waals surface area contributed by atoms with Crippen molar-refractivity contribution in [3.8, 4) is 5.75 Å². The third-order valence-electron chi connectivity index (χ3n) is 3.31. The minimum Gasteiger partial charge on any atom is -0.425 e. The minimum absolute atomic E-state index is 0.483. The van der Waals surface area contributed by atoms with Crippen molar-refractivity contribution in [2.75, 3.05) is 0 Å². The molecule has 3 heteroatoms. The smallest absolute Gasteiger partial charge is 0.340 e. The van der Waals surface area contributed by atoms with Gasteiger partial charge in [0.05, 0.1) is 0 Å². The van der Waals surface area contributed by atoms with Gasteiger partial charge in [0.2, 0.25) is 0 Å². The fourth-order valence-electron chi connectivity index (χ4n) is 2.09. The Labute approximate surface area is 122 Å². The molecule has 20 heavy (non-hydrogen) atoms. The third-order valence-corrected chi connectivity index (χ3v) is 3.31.